The highest BCUT2D eigenvalue weighted by Gasteiger charge is 2.19. The Balaban J connectivity index is 2.47. The lowest BCUT2D eigenvalue weighted by molar-refractivity contribution is 0.604. The van der Waals surface area contributed by atoms with Gasteiger partial charge in [0.05, 0.1) is 10.4 Å². The molecule has 4 heteroatoms. The van der Waals surface area contributed by atoms with Gasteiger partial charge >= 0.3 is 0 Å². The van der Waals surface area contributed by atoms with Crippen LogP contribution in [0.5, 0.6) is 0 Å². The van der Waals surface area contributed by atoms with Crippen LogP contribution in [0.2, 0.25) is 4.34 Å². The smallest absolute Gasteiger partial charge is 0.123 e. The molecule has 0 aliphatic rings. The second-order valence-electron chi connectivity index (χ2n) is 4.60. The van der Waals surface area contributed by atoms with E-state index in [1.807, 2.05) is 26.8 Å². The van der Waals surface area contributed by atoms with Crippen LogP contribution in [0.4, 0.5) is 4.39 Å². The molecule has 1 atom stereocenters. The summed E-state index contributed by atoms with van der Waals surface area (Å²) in [7, 11) is 0. The number of halogens is 2. The maximum atomic E-state index is 13.5. The molecule has 0 bridgehead atoms. The Morgan fingerprint density at radius 2 is 2.00 bits per heavy atom. The van der Waals surface area contributed by atoms with E-state index in [1.54, 1.807) is 17.4 Å². The molecule has 1 aromatic heterocycles. The van der Waals surface area contributed by atoms with Crippen LogP contribution in [-0.4, -0.2) is 6.54 Å². The van der Waals surface area contributed by atoms with E-state index < -0.39 is 0 Å². The fourth-order valence-electron chi connectivity index (χ4n) is 2.12. The Bertz CT molecular complexity index is 560. The fraction of sp³-hybridized carbons (Fsp3) is 0.333. The molecule has 0 spiro atoms. The van der Waals surface area contributed by atoms with Gasteiger partial charge in [0.25, 0.3) is 0 Å². The molecular weight excluding hydrogens is 281 g/mol. The van der Waals surface area contributed by atoms with Gasteiger partial charge in [-0.15, -0.1) is 11.3 Å². The number of hydrogen-bond donors (Lipinski definition) is 1. The van der Waals surface area contributed by atoms with Gasteiger partial charge in [-0.05, 0) is 55.3 Å². The van der Waals surface area contributed by atoms with Gasteiger partial charge in [0.1, 0.15) is 5.82 Å². The summed E-state index contributed by atoms with van der Waals surface area (Å²) in [5, 5.41) is 3.41. The van der Waals surface area contributed by atoms with Gasteiger partial charge in [0.15, 0.2) is 0 Å². The molecular formula is C15H17ClFNS. The summed E-state index contributed by atoms with van der Waals surface area (Å²) in [6, 6.07) is 6.99. The minimum atomic E-state index is -0.206. The number of aryl methyl sites for hydroxylation is 2. The first-order valence-electron chi connectivity index (χ1n) is 6.28. The van der Waals surface area contributed by atoms with E-state index in [4.69, 9.17) is 11.6 Å². The van der Waals surface area contributed by atoms with Crippen molar-refractivity contribution in [3.05, 3.63) is 56.0 Å². The third-order valence-corrected chi connectivity index (χ3v) is 4.74. The summed E-state index contributed by atoms with van der Waals surface area (Å²) in [4.78, 5) is 1.12. The van der Waals surface area contributed by atoms with Crippen molar-refractivity contribution in [2.75, 3.05) is 6.54 Å². The van der Waals surface area contributed by atoms with E-state index in [9.17, 15) is 4.39 Å². The van der Waals surface area contributed by atoms with E-state index >= 15 is 0 Å². The molecule has 102 valence electrons. The number of rotatable bonds is 4. The number of nitrogens with one attached hydrogen (secondary N) is 1. The van der Waals surface area contributed by atoms with Gasteiger partial charge < -0.3 is 5.32 Å². The van der Waals surface area contributed by atoms with Gasteiger partial charge in [-0.2, -0.15) is 0 Å². The molecule has 1 aromatic carbocycles. The first kappa shape index (κ1) is 14.5. The molecule has 1 heterocycles. The zero-order valence-electron chi connectivity index (χ0n) is 11.3. The summed E-state index contributed by atoms with van der Waals surface area (Å²) in [5.41, 5.74) is 3.12. The molecule has 0 aliphatic heterocycles. The molecule has 1 N–H and O–H groups in total. The zero-order chi connectivity index (χ0) is 14.0. The topological polar surface area (TPSA) is 12.0 Å². The molecule has 0 amide bonds. The monoisotopic (exact) mass is 297 g/mol. The van der Waals surface area contributed by atoms with Crippen molar-refractivity contribution in [1.29, 1.82) is 0 Å². The predicted octanol–water partition coefficient (Wildman–Crippen LogP) is 4.86. The molecule has 2 rings (SSSR count). The lowest BCUT2D eigenvalue weighted by Crippen LogP contribution is -2.22. The molecule has 19 heavy (non-hydrogen) atoms. The average Bonchev–Trinajstić information content (AvgIpc) is 2.70. The number of benzene rings is 1. The largest absolute Gasteiger partial charge is 0.306 e. The minimum absolute atomic E-state index is 0.00287. The van der Waals surface area contributed by atoms with Gasteiger partial charge in [-0.3, -0.25) is 0 Å². The standard InChI is InChI=1S/C15H17ClFNS/c1-4-18-14(13-7-10(3)15(16)19-13)12-8-11(17)6-5-9(12)2/h5-8,14,18H,4H2,1-3H3. The van der Waals surface area contributed by atoms with E-state index in [-0.39, 0.29) is 11.9 Å². The second-order valence-corrected chi connectivity index (χ2v) is 6.28. The van der Waals surface area contributed by atoms with E-state index in [2.05, 4.69) is 11.4 Å². The van der Waals surface area contributed by atoms with Crippen LogP contribution in [0.25, 0.3) is 0 Å². The third kappa shape index (κ3) is 3.16. The quantitative estimate of drug-likeness (QED) is 0.850. The summed E-state index contributed by atoms with van der Waals surface area (Å²) in [6.45, 7) is 6.85. The Hall–Kier alpha value is -0.900. The maximum absolute atomic E-state index is 13.5. The first-order chi connectivity index (χ1) is 9.02. The van der Waals surface area contributed by atoms with Crippen LogP contribution < -0.4 is 5.32 Å². The molecule has 0 saturated heterocycles. The summed E-state index contributed by atoms with van der Waals surface area (Å²) in [5.74, 6) is -0.206. The molecule has 0 radical (unpaired) electrons. The van der Waals surface area contributed by atoms with Crippen molar-refractivity contribution in [3.63, 3.8) is 0 Å². The molecule has 0 fully saturated rings. The molecule has 1 nitrogen and oxygen atoms in total. The average molecular weight is 298 g/mol. The fourth-order valence-corrected chi connectivity index (χ4v) is 3.43. The van der Waals surface area contributed by atoms with Crippen molar-refractivity contribution >= 4 is 22.9 Å². The molecule has 1 unspecified atom stereocenters. The van der Waals surface area contributed by atoms with Gasteiger partial charge in [-0.25, -0.2) is 4.39 Å². The Labute approximate surface area is 122 Å². The third-order valence-electron chi connectivity index (χ3n) is 3.12. The van der Waals surface area contributed by atoms with Gasteiger partial charge in [-0.1, -0.05) is 24.6 Å². The normalized spacial score (nSPS) is 12.7. The Kier molecular flexibility index (Phi) is 4.61. The zero-order valence-corrected chi connectivity index (χ0v) is 12.8. The predicted molar refractivity (Wildman–Crippen MR) is 80.7 cm³/mol. The highest BCUT2D eigenvalue weighted by molar-refractivity contribution is 7.16. The van der Waals surface area contributed by atoms with E-state index in [0.29, 0.717) is 0 Å². The maximum Gasteiger partial charge on any atom is 0.123 e. The van der Waals surface area contributed by atoms with Crippen LogP contribution >= 0.6 is 22.9 Å². The lowest BCUT2D eigenvalue weighted by Gasteiger charge is -2.19. The SMILES string of the molecule is CCNC(c1cc(C)c(Cl)s1)c1cc(F)ccc1C. The first-order valence-corrected chi connectivity index (χ1v) is 7.47. The summed E-state index contributed by atoms with van der Waals surface area (Å²) >= 11 is 7.70. The number of hydrogen-bond acceptors (Lipinski definition) is 2. The molecule has 0 aliphatic carbocycles. The van der Waals surface area contributed by atoms with Crippen molar-refractivity contribution in [2.45, 2.75) is 26.8 Å². The van der Waals surface area contributed by atoms with Gasteiger partial charge in [0, 0.05) is 4.88 Å². The minimum Gasteiger partial charge on any atom is -0.306 e. The van der Waals surface area contributed by atoms with Crippen molar-refractivity contribution < 1.29 is 4.39 Å². The Morgan fingerprint density at radius 3 is 2.58 bits per heavy atom. The van der Waals surface area contributed by atoms with Crippen molar-refractivity contribution in [1.82, 2.24) is 5.32 Å². The van der Waals surface area contributed by atoms with Crippen LogP contribution in [0, 0.1) is 19.7 Å². The second kappa shape index (κ2) is 6.04. The number of thiophene rings is 1. The lowest BCUT2D eigenvalue weighted by atomic mass is 9.99. The van der Waals surface area contributed by atoms with E-state index in [1.165, 1.54) is 6.07 Å². The molecule has 2 aromatic rings. The van der Waals surface area contributed by atoms with Crippen molar-refractivity contribution in [2.24, 2.45) is 0 Å². The summed E-state index contributed by atoms with van der Waals surface area (Å²) in [6.07, 6.45) is 0. The highest BCUT2D eigenvalue weighted by Crippen LogP contribution is 2.35. The summed E-state index contributed by atoms with van der Waals surface area (Å²) < 4.78 is 14.3. The van der Waals surface area contributed by atoms with Crippen LogP contribution in [0.3, 0.4) is 0 Å². The highest BCUT2D eigenvalue weighted by atomic mass is 35.5. The van der Waals surface area contributed by atoms with Gasteiger partial charge in [0.2, 0.25) is 0 Å². The van der Waals surface area contributed by atoms with Crippen LogP contribution in [0.15, 0.2) is 24.3 Å². The van der Waals surface area contributed by atoms with E-state index in [0.717, 1.165) is 32.4 Å². The van der Waals surface area contributed by atoms with Crippen LogP contribution in [0.1, 0.15) is 34.5 Å². The Morgan fingerprint density at radius 1 is 1.26 bits per heavy atom. The van der Waals surface area contributed by atoms with Crippen molar-refractivity contribution in [3.8, 4) is 0 Å². The molecule has 0 saturated carbocycles. The van der Waals surface area contributed by atoms with Crippen LogP contribution in [-0.2, 0) is 0 Å².